The molecule has 138 valence electrons. The number of benzene rings is 2. The van der Waals surface area contributed by atoms with Gasteiger partial charge in [-0.15, -0.1) is 0 Å². The maximum atomic E-state index is 12.6. The summed E-state index contributed by atoms with van der Waals surface area (Å²) in [6.45, 7) is 2.43. The molecule has 6 nitrogen and oxygen atoms in total. The van der Waals surface area contributed by atoms with Gasteiger partial charge in [-0.2, -0.15) is 0 Å². The smallest absolute Gasteiger partial charge is 0.261 e. The minimum atomic E-state index is -3.80. The number of carbonyl (C=O) groups excluding carboxylic acids is 1. The van der Waals surface area contributed by atoms with Gasteiger partial charge in [-0.05, 0) is 67.6 Å². The third-order valence-corrected chi connectivity index (χ3v) is 5.73. The van der Waals surface area contributed by atoms with Gasteiger partial charge in [0.05, 0.1) is 12.0 Å². The molecule has 0 aromatic heterocycles. The lowest BCUT2D eigenvalue weighted by molar-refractivity contribution is 0.0951. The Morgan fingerprint density at radius 2 is 1.85 bits per heavy atom. The molecule has 0 saturated heterocycles. The van der Waals surface area contributed by atoms with Crippen LogP contribution in [-0.4, -0.2) is 28.0 Å². The van der Waals surface area contributed by atoms with Crippen LogP contribution < -0.4 is 14.8 Å². The number of hydrogen-bond donors (Lipinski definition) is 2. The van der Waals surface area contributed by atoms with Gasteiger partial charge < -0.3 is 10.1 Å². The number of sulfonamides is 1. The summed E-state index contributed by atoms with van der Waals surface area (Å²) < 4.78 is 32.9. The molecule has 1 aliphatic carbocycles. The minimum absolute atomic E-state index is 0.0514. The van der Waals surface area contributed by atoms with Gasteiger partial charge in [0.25, 0.3) is 15.9 Å². The number of hydrogen-bond acceptors (Lipinski definition) is 4. The summed E-state index contributed by atoms with van der Waals surface area (Å²) in [5.41, 5.74) is 1.54. The molecule has 1 fully saturated rings. The van der Waals surface area contributed by atoms with E-state index in [0.717, 1.165) is 18.4 Å². The van der Waals surface area contributed by atoms with Gasteiger partial charge in [-0.3, -0.25) is 9.52 Å². The van der Waals surface area contributed by atoms with Crippen LogP contribution in [0.2, 0.25) is 0 Å². The van der Waals surface area contributed by atoms with Crippen LogP contribution in [0.5, 0.6) is 5.75 Å². The number of nitrogens with one attached hydrogen (secondary N) is 2. The molecule has 0 atom stereocenters. The molecule has 7 heteroatoms. The zero-order valence-electron chi connectivity index (χ0n) is 14.8. The van der Waals surface area contributed by atoms with Gasteiger partial charge in [0.15, 0.2) is 0 Å². The SMILES string of the molecule is COc1ccc(NS(=O)(=O)c2ccc(C)c(C(=O)NCC3CC3)c2)cc1. The fourth-order valence-electron chi connectivity index (χ4n) is 2.54. The maximum Gasteiger partial charge on any atom is 0.261 e. The summed E-state index contributed by atoms with van der Waals surface area (Å²) >= 11 is 0. The normalized spacial score (nSPS) is 13.9. The van der Waals surface area contributed by atoms with Crippen LogP contribution in [0.15, 0.2) is 47.4 Å². The molecule has 2 N–H and O–H groups in total. The Morgan fingerprint density at radius 1 is 1.15 bits per heavy atom. The van der Waals surface area contributed by atoms with E-state index in [1.807, 2.05) is 0 Å². The number of carbonyl (C=O) groups is 1. The van der Waals surface area contributed by atoms with Crippen molar-refractivity contribution in [2.75, 3.05) is 18.4 Å². The number of amides is 1. The van der Waals surface area contributed by atoms with Crippen molar-refractivity contribution in [3.8, 4) is 5.75 Å². The number of aryl methyl sites for hydroxylation is 1. The zero-order chi connectivity index (χ0) is 18.7. The van der Waals surface area contributed by atoms with E-state index in [1.54, 1.807) is 44.4 Å². The summed E-state index contributed by atoms with van der Waals surface area (Å²) in [7, 11) is -2.25. The summed E-state index contributed by atoms with van der Waals surface area (Å²) in [6, 6.07) is 11.1. The first-order valence-corrected chi connectivity index (χ1v) is 9.93. The van der Waals surface area contributed by atoms with Crippen LogP contribution in [0.4, 0.5) is 5.69 Å². The molecule has 2 aromatic rings. The van der Waals surface area contributed by atoms with E-state index >= 15 is 0 Å². The lowest BCUT2D eigenvalue weighted by Crippen LogP contribution is -2.26. The van der Waals surface area contributed by atoms with E-state index in [0.29, 0.717) is 29.5 Å². The maximum absolute atomic E-state index is 12.6. The van der Waals surface area contributed by atoms with Gasteiger partial charge >= 0.3 is 0 Å². The van der Waals surface area contributed by atoms with Crippen LogP contribution in [0.3, 0.4) is 0 Å². The Bertz CT molecular complexity index is 904. The predicted molar refractivity (Wildman–Crippen MR) is 100 cm³/mol. The van der Waals surface area contributed by atoms with Crippen LogP contribution in [0, 0.1) is 12.8 Å². The van der Waals surface area contributed by atoms with Crippen molar-refractivity contribution in [1.82, 2.24) is 5.32 Å². The van der Waals surface area contributed by atoms with Gasteiger partial charge in [0.2, 0.25) is 0 Å². The quantitative estimate of drug-likeness (QED) is 0.780. The van der Waals surface area contributed by atoms with Crippen molar-refractivity contribution in [3.05, 3.63) is 53.6 Å². The van der Waals surface area contributed by atoms with E-state index in [9.17, 15) is 13.2 Å². The van der Waals surface area contributed by atoms with E-state index < -0.39 is 10.0 Å². The largest absolute Gasteiger partial charge is 0.497 e. The summed E-state index contributed by atoms with van der Waals surface area (Å²) in [4.78, 5) is 12.4. The fraction of sp³-hybridized carbons (Fsp3) is 0.316. The average Bonchev–Trinajstić information content (AvgIpc) is 3.44. The highest BCUT2D eigenvalue weighted by Crippen LogP contribution is 2.28. The highest BCUT2D eigenvalue weighted by atomic mass is 32.2. The topological polar surface area (TPSA) is 84.5 Å². The van der Waals surface area contributed by atoms with E-state index in [4.69, 9.17) is 4.74 Å². The summed E-state index contributed by atoms with van der Waals surface area (Å²) in [6.07, 6.45) is 2.28. The molecule has 2 aromatic carbocycles. The Labute approximate surface area is 153 Å². The first-order valence-electron chi connectivity index (χ1n) is 8.45. The first kappa shape index (κ1) is 18.3. The Kier molecular flexibility index (Phi) is 5.18. The van der Waals surface area contributed by atoms with E-state index in [2.05, 4.69) is 10.0 Å². The average molecular weight is 374 g/mol. The summed E-state index contributed by atoms with van der Waals surface area (Å²) in [5, 5.41) is 2.87. The molecule has 0 heterocycles. The van der Waals surface area contributed by atoms with Gasteiger partial charge in [-0.1, -0.05) is 6.07 Å². The third-order valence-electron chi connectivity index (χ3n) is 4.35. The first-order chi connectivity index (χ1) is 12.4. The molecule has 1 aliphatic rings. The van der Waals surface area contributed by atoms with Crippen LogP contribution in [-0.2, 0) is 10.0 Å². The van der Waals surface area contributed by atoms with Crippen molar-refractivity contribution >= 4 is 21.6 Å². The highest BCUT2D eigenvalue weighted by molar-refractivity contribution is 7.92. The number of anilines is 1. The van der Waals surface area contributed by atoms with Crippen molar-refractivity contribution in [3.63, 3.8) is 0 Å². The van der Waals surface area contributed by atoms with Gasteiger partial charge in [0, 0.05) is 17.8 Å². The molecular formula is C19H22N2O4S. The molecule has 0 spiro atoms. The van der Waals surface area contributed by atoms with E-state index in [1.165, 1.54) is 12.1 Å². The molecule has 0 bridgehead atoms. The lowest BCUT2D eigenvalue weighted by atomic mass is 10.1. The van der Waals surface area contributed by atoms with Gasteiger partial charge in [0.1, 0.15) is 5.75 Å². The van der Waals surface area contributed by atoms with Gasteiger partial charge in [-0.25, -0.2) is 8.42 Å². The second-order valence-corrected chi connectivity index (χ2v) is 8.15. The van der Waals surface area contributed by atoms with Crippen molar-refractivity contribution < 1.29 is 17.9 Å². The zero-order valence-corrected chi connectivity index (χ0v) is 15.6. The van der Waals surface area contributed by atoms with Crippen LogP contribution >= 0.6 is 0 Å². The van der Waals surface area contributed by atoms with E-state index in [-0.39, 0.29) is 10.8 Å². The van der Waals surface area contributed by atoms with Crippen molar-refractivity contribution in [2.45, 2.75) is 24.7 Å². The third kappa shape index (κ3) is 4.35. The molecule has 26 heavy (non-hydrogen) atoms. The number of methoxy groups -OCH3 is 1. The Hall–Kier alpha value is -2.54. The molecule has 0 aliphatic heterocycles. The molecular weight excluding hydrogens is 352 g/mol. The van der Waals surface area contributed by atoms with Crippen molar-refractivity contribution in [1.29, 1.82) is 0 Å². The second-order valence-electron chi connectivity index (χ2n) is 6.46. The Balaban J connectivity index is 1.79. The summed E-state index contributed by atoms with van der Waals surface area (Å²) in [5.74, 6) is 0.955. The van der Waals surface area contributed by atoms with Crippen LogP contribution in [0.1, 0.15) is 28.8 Å². The lowest BCUT2D eigenvalue weighted by Gasteiger charge is -2.12. The molecule has 0 unspecified atom stereocenters. The standard InChI is InChI=1S/C19H22N2O4S/c1-13-3-10-17(11-18(13)19(22)20-12-14-4-5-14)26(23,24)21-15-6-8-16(25-2)9-7-15/h3,6-11,14,21H,4-5,12H2,1-2H3,(H,20,22). The minimum Gasteiger partial charge on any atom is -0.497 e. The molecule has 3 rings (SSSR count). The fourth-order valence-corrected chi connectivity index (χ4v) is 3.62. The molecule has 1 saturated carbocycles. The van der Waals surface area contributed by atoms with Crippen LogP contribution in [0.25, 0.3) is 0 Å². The predicted octanol–water partition coefficient (Wildman–Crippen LogP) is 2.94. The molecule has 0 radical (unpaired) electrons. The number of ether oxygens (including phenoxy) is 1. The molecule has 1 amide bonds. The number of rotatable bonds is 7. The highest BCUT2D eigenvalue weighted by Gasteiger charge is 2.23. The monoisotopic (exact) mass is 374 g/mol. The Morgan fingerprint density at radius 3 is 2.46 bits per heavy atom. The second kappa shape index (κ2) is 7.37. The van der Waals surface area contributed by atoms with Crippen molar-refractivity contribution in [2.24, 2.45) is 5.92 Å².